The van der Waals surface area contributed by atoms with E-state index in [2.05, 4.69) is 130 Å². The maximum absolute atomic E-state index is 12.9. The predicted molar refractivity (Wildman–Crippen MR) is 325 cm³/mol. The smallest absolute Gasteiger partial charge is 0.309 e. The van der Waals surface area contributed by atoms with Crippen molar-refractivity contribution in [2.75, 3.05) is 13.2 Å². The van der Waals surface area contributed by atoms with Crippen LogP contribution in [0.3, 0.4) is 0 Å². The molecule has 0 rings (SSSR count). The minimum atomic E-state index is -0.828. The molecule has 0 bridgehead atoms. The van der Waals surface area contributed by atoms with Crippen LogP contribution in [-0.2, 0) is 28.6 Å². The van der Waals surface area contributed by atoms with Crippen molar-refractivity contribution in [3.8, 4) is 0 Å². The fourth-order valence-electron chi connectivity index (χ4n) is 8.32. The Morgan fingerprint density at radius 1 is 0.293 bits per heavy atom. The number of rotatable bonds is 55. The van der Waals surface area contributed by atoms with Crippen molar-refractivity contribution in [2.24, 2.45) is 0 Å². The van der Waals surface area contributed by atoms with E-state index in [1.807, 2.05) is 6.08 Å². The van der Waals surface area contributed by atoms with Crippen LogP contribution in [0.5, 0.6) is 0 Å². The van der Waals surface area contributed by atoms with E-state index in [9.17, 15) is 14.4 Å². The lowest BCUT2D eigenvalue weighted by molar-refractivity contribution is -0.166. The standard InChI is InChI=1S/C69H114O6/c1-4-7-10-13-16-19-22-25-28-30-31-32-33-34-35-36-37-39-41-44-47-50-53-56-59-62-68(71)74-65-66(64-73-67(70)61-58-55-52-49-46-43-40-27-24-21-18-15-12-9-6-3)75-69(72)63-60-57-54-51-48-45-42-38-29-26-23-20-17-14-11-8-5-2/h9,12,17-18,20-22,25-27,29-31,33-34,40,46,49,55,58,66H,4-8,10-11,13-16,19,23-24,28,32,35-39,41-45,47-48,50-54,56-57,59-65H2,1-3H3/b12-9-,20-17-,21-18-,25-22-,29-26-,31-30-,34-33-,40-27-,49-46-,58-55-. The molecule has 0 aliphatic rings. The number of hydrogen-bond acceptors (Lipinski definition) is 6. The zero-order chi connectivity index (χ0) is 54.3. The van der Waals surface area contributed by atoms with Gasteiger partial charge in [0.25, 0.3) is 0 Å². The highest BCUT2D eigenvalue weighted by atomic mass is 16.6. The van der Waals surface area contributed by atoms with Gasteiger partial charge in [0.05, 0.1) is 6.42 Å². The lowest BCUT2D eigenvalue weighted by atomic mass is 10.1. The highest BCUT2D eigenvalue weighted by Gasteiger charge is 2.19. The van der Waals surface area contributed by atoms with Crippen LogP contribution in [-0.4, -0.2) is 37.2 Å². The van der Waals surface area contributed by atoms with Gasteiger partial charge in [-0.05, 0) is 116 Å². The van der Waals surface area contributed by atoms with Crippen molar-refractivity contribution in [1.82, 2.24) is 0 Å². The molecule has 1 unspecified atom stereocenters. The molecule has 0 fully saturated rings. The van der Waals surface area contributed by atoms with Gasteiger partial charge in [0, 0.05) is 12.8 Å². The average molecular weight is 1040 g/mol. The molecule has 75 heavy (non-hydrogen) atoms. The number of carbonyl (C=O) groups is 3. The summed E-state index contributed by atoms with van der Waals surface area (Å²) in [5.74, 6) is -1.06. The van der Waals surface area contributed by atoms with Crippen LogP contribution < -0.4 is 0 Å². The van der Waals surface area contributed by atoms with Crippen molar-refractivity contribution < 1.29 is 28.6 Å². The van der Waals surface area contributed by atoms with Gasteiger partial charge in [-0.15, -0.1) is 0 Å². The summed E-state index contributed by atoms with van der Waals surface area (Å²) in [4.78, 5) is 38.2. The van der Waals surface area contributed by atoms with Crippen molar-refractivity contribution in [1.29, 1.82) is 0 Å². The zero-order valence-corrected chi connectivity index (χ0v) is 48.8. The summed E-state index contributed by atoms with van der Waals surface area (Å²) in [5, 5.41) is 0. The predicted octanol–water partition coefficient (Wildman–Crippen LogP) is 21.2. The molecule has 0 aromatic heterocycles. The van der Waals surface area contributed by atoms with Crippen LogP contribution in [0.15, 0.2) is 122 Å². The van der Waals surface area contributed by atoms with E-state index in [0.717, 1.165) is 96.3 Å². The fourth-order valence-corrected chi connectivity index (χ4v) is 8.32. The first kappa shape index (κ1) is 70.8. The molecule has 0 spiro atoms. The van der Waals surface area contributed by atoms with Crippen LogP contribution in [0, 0.1) is 0 Å². The van der Waals surface area contributed by atoms with Gasteiger partial charge in [0.1, 0.15) is 13.2 Å². The molecule has 6 heteroatoms. The summed E-state index contributed by atoms with van der Waals surface area (Å²) < 4.78 is 16.8. The van der Waals surface area contributed by atoms with Gasteiger partial charge in [0.2, 0.25) is 0 Å². The Morgan fingerprint density at radius 2 is 0.573 bits per heavy atom. The van der Waals surface area contributed by atoms with E-state index in [0.29, 0.717) is 12.8 Å². The molecule has 6 nitrogen and oxygen atoms in total. The molecule has 0 radical (unpaired) electrons. The molecular weight excluding hydrogens is 925 g/mol. The second-order valence-corrected chi connectivity index (χ2v) is 20.2. The first-order chi connectivity index (χ1) is 37.0. The minimum absolute atomic E-state index is 0.116. The third-order valence-electron chi connectivity index (χ3n) is 13.0. The van der Waals surface area contributed by atoms with Crippen LogP contribution in [0.2, 0.25) is 0 Å². The van der Waals surface area contributed by atoms with Gasteiger partial charge >= 0.3 is 17.9 Å². The summed E-state index contributed by atoms with van der Waals surface area (Å²) in [7, 11) is 0. The summed E-state index contributed by atoms with van der Waals surface area (Å²) in [6.07, 6.45) is 86.5. The summed E-state index contributed by atoms with van der Waals surface area (Å²) in [6, 6.07) is 0. The Labute approximate surface area is 462 Å². The van der Waals surface area contributed by atoms with E-state index in [4.69, 9.17) is 14.2 Å². The first-order valence-corrected chi connectivity index (χ1v) is 31.0. The largest absolute Gasteiger partial charge is 0.462 e. The number of unbranched alkanes of at least 4 members (excludes halogenated alkanes) is 25. The molecule has 0 heterocycles. The van der Waals surface area contributed by atoms with Gasteiger partial charge in [0.15, 0.2) is 6.10 Å². The molecule has 0 aromatic carbocycles. The Hall–Kier alpha value is -4.19. The molecule has 0 aromatic rings. The second kappa shape index (κ2) is 62.4. The highest BCUT2D eigenvalue weighted by molar-refractivity contribution is 5.72. The van der Waals surface area contributed by atoms with E-state index in [-0.39, 0.29) is 31.6 Å². The lowest BCUT2D eigenvalue weighted by Gasteiger charge is -2.18. The van der Waals surface area contributed by atoms with E-state index in [1.54, 1.807) is 6.08 Å². The van der Waals surface area contributed by atoms with Crippen LogP contribution in [0.4, 0.5) is 0 Å². The number of hydrogen-bond donors (Lipinski definition) is 0. The molecular formula is C69H114O6. The molecule has 0 amide bonds. The Bertz CT molecular complexity index is 1570. The summed E-state index contributed by atoms with van der Waals surface area (Å²) in [5.41, 5.74) is 0. The molecule has 1 atom stereocenters. The first-order valence-electron chi connectivity index (χ1n) is 31.0. The topological polar surface area (TPSA) is 78.9 Å². The van der Waals surface area contributed by atoms with E-state index < -0.39 is 12.1 Å². The molecule has 0 aliphatic carbocycles. The van der Waals surface area contributed by atoms with E-state index >= 15 is 0 Å². The van der Waals surface area contributed by atoms with Gasteiger partial charge in [-0.3, -0.25) is 14.4 Å². The number of allylic oxidation sites excluding steroid dienone is 19. The average Bonchev–Trinajstić information content (AvgIpc) is 3.41. The molecule has 0 saturated heterocycles. The van der Waals surface area contributed by atoms with Gasteiger partial charge in [-0.1, -0.05) is 264 Å². The molecule has 0 N–H and O–H groups in total. The van der Waals surface area contributed by atoms with Crippen molar-refractivity contribution in [3.63, 3.8) is 0 Å². The van der Waals surface area contributed by atoms with Gasteiger partial charge in [-0.2, -0.15) is 0 Å². The molecule has 0 aliphatic heterocycles. The maximum atomic E-state index is 12.9. The fraction of sp³-hybridized carbons (Fsp3) is 0.667. The second-order valence-electron chi connectivity index (χ2n) is 20.2. The van der Waals surface area contributed by atoms with Crippen molar-refractivity contribution >= 4 is 17.9 Å². The normalized spacial score (nSPS) is 12.9. The third kappa shape index (κ3) is 60.6. The van der Waals surface area contributed by atoms with E-state index in [1.165, 1.54) is 141 Å². The molecule has 426 valence electrons. The quantitative estimate of drug-likeness (QED) is 0.0261. The Morgan fingerprint density at radius 3 is 0.960 bits per heavy atom. The highest BCUT2D eigenvalue weighted by Crippen LogP contribution is 2.15. The Kier molecular flexibility index (Phi) is 58.9. The Balaban J connectivity index is 4.43. The number of carbonyl (C=O) groups excluding carboxylic acids is 3. The minimum Gasteiger partial charge on any atom is -0.462 e. The van der Waals surface area contributed by atoms with Crippen molar-refractivity contribution in [3.05, 3.63) is 122 Å². The molecule has 0 saturated carbocycles. The zero-order valence-electron chi connectivity index (χ0n) is 48.8. The van der Waals surface area contributed by atoms with Crippen LogP contribution >= 0.6 is 0 Å². The van der Waals surface area contributed by atoms with Crippen LogP contribution in [0.1, 0.15) is 278 Å². The van der Waals surface area contributed by atoms with Gasteiger partial charge < -0.3 is 14.2 Å². The van der Waals surface area contributed by atoms with Gasteiger partial charge in [-0.25, -0.2) is 0 Å². The third-order valence-corrected chi connectivity index (χ3v) is 13.0. The maximum Gasteiger partial charge on any atom is 0.309 e. The monoisotopic (exact) mass is 1040 g/mol. The van der Waals surface area contributed by atoms with Crippen molar-refractivity contribution in [2.45, 2.75) is 284 Å². The number of ether oxygens (including phenoxy) is 3. The SMILES string of the molecule is CC/C=C\C/C=C\C/C=C\C/C=C\C/C=C\CC(=O)OCC(COC(=O)CCCCCCCCCCCC/C=C\C/C=C\C/C=C\CCCCCCC)OC(=O)CCCCCCCCC/C=C\C/C=C\CCCCC. The summed E-state index contributed by atoms with van der Waals surface area (Å²) in [6.45, 7) is 6.40. The lowest BCUT2D eigenvalue weighted by Crippen LogP contribution is -2.30. The summed E-state index contributed by atoms with van der Waals surface area (Å²) >= 11 is 0. The van der Waals surface area contributed by atoms with Crippen LogP contribution in [0.25, 0.3) is 0 Å². The number of esters is 3.